The first kappa shape index (κ1) is 16.2. The lowest BCUT2D eigenvalue weighted by Gasteiger charge is -2.00. The van der Waals surface area contributed by atoms with E-state index in [9.17, 15) is 9.59 Å². The van der Waals surface area contributed by atoms with Crippen LogP contribution in [-0.2, 0) is 0 Å². The Labute approximate surface area is 151 Å². The molecule has 2 aromatic heterocycles. The summed E-state index contributed by atoms with van der Waals surface area (Å²) in [7, 11) is 1.55. The molecule has 0 bridgehead atoms. The summed E-state index contributed by atoms with van der Waals surface area (Å²) in [6.07, 6.45) is 1.37. The van der Waals surface area contributed by atoms with Gasteiger partial charge in [-0.25, -0.2) is 4.79 Å². The van der Waals surface area contributed by atoms with E-state index in [1.54, 1.807) is 49.6 Å². The van der Waals surface area contributed by atoms with E-state index in [4.69, 9.17) is 16.3 Å². The molecule has 4 rings (SSSR count). The van der Waals surface area contributed by atoms with Gasteiger partial charge in [-0.2, -0.15) is 5.10 Å². The highest BCUT2D eigenvalue weighted by molar-refractivity contribution is 6.33. The van der Waals surface area contributed by atoms with E-state index in [0.29, 0.717) is 32.8 Å². The van der Waals surface area contributed by atoms with E-state index in [0.717, 1.165) is 4.68 Å². The molecule has 0 fully saturated rings. The summed E-state index contributed by atoms with van der Waals surface area (Å²) >= 11 is 6.06. The molecule has 2 aromatic carbocycles. The number of aromatic nitrogens is 3. The van der Waals surface area contributed by atoms with Gasteiger partial charge in [0, 0.05) is 21.5 Å². The minimum absolute atomic E-state index is 0.254. The Hall–Kier alpha value is -3.32. The maximum absolute atomic E-state index is 12.7. The average molecular weight is 369 g/mol. The van der Waals surface area contributed by atoms with Gasteiger partial charge in [-0.15, -0.1) is 4.68 Å². The number of H-pyrrole nitrogens is 2. The van der Waals surface area contributed by atoms with Crippen molar-refractivity contribution < 1.29 is 4.74 Å². The zero-order valence-corrected chi connectivity index (χ0v) is 14.4. The number of halogens is 1. The maximum Gasteiger partial charge on any atom is 0.350 e. The van der Waals surface area contributed by atoms with Gasteiger partial charge in [0.2, 0.25) is 0 Å². The van der Waals surface area contributed by atoms with Crippen LogP contribution in [0.2, 0.25) is 5.02 Å². The second-order valence-electron chi connectivity index (χ2n) is 5.60. The van der Waals surface area contributed by atoms with E-state index in [1.807, 2.05) is 0 Å². The standard InChI is InChI=1S/C18H13ClN4O3/c1-26-11-6-7-14-12(8-11)15-16(21-14)17(24)23(18(25)22-15)20-9-10-4-2-3-5-13(10)19/h2-9,21H,1H3,(H,22,25)/b20-9+. The highest BCUT2D eigenvalue weighted by Crippen LogP contribution is 2.25. The van der Waals surface area contributed by atoms with Crippen molar-refractivity contribution in [3.63, 3.8) is 0 Å². The molecule has 2 heterocycles. The van der Waals surface area contributed by atoms with Crippen molar-refractivity contribution in [2.45, 2.75) is 0 Å². The van der Waals surface area contributed by atoms with Gasteiger partial charge in [-0.3, -0.25) is 4.79 Å². The van der Waals surface area contributed by atoms with Crippen molar-refractivity contribution in [3.8, 4) is 5.75 Å². The molecule has 7 nitrogen and oxygen atoms in total. The number of fused-ring (bicyclic) bond motifs is 3. The molecule has 0 aliphatic heterocycles. The minimum Gasteiger partial charge on any atom is -0.497 e. The molecule has 0 atom stereocenters. The summed E-state index contributed by atoms with van der Waals surface area (Å²) < 4.78 is 5.96. The van der Waals surface area contributed by atoms with E-state index in [2.05, 4.69) is 15.1 Å². The second-order valence-corrected chi connectivity index (χ2v) is 6.01. The van der Waals surface area contributed by atoms with E-state index < -0.39 is 11.2 Å². The fourth-order valence-electron chi connectivity index (χ4n) is 2.75. The van der Waals surface area contributed by atoms with Crippen LogP contribution in [0.4, 0.5) is 0 Å². The smallest absolute Gasteiger partial charge is 0.350 e. The van der Waals surface area contributed by atoms with Crippen LogP contribution in [0.15, 0.2) is 57.2 Å². The fourth-order valence-corrected chi connectivity index (χ4v) is 2.94. The van der Waals surface area contributed by atoms with Crippen LogP contribution in [0.5, 0.6) is 5.75 Å². The highest BCUT2D eigenvalue weighted by Gasteiger charge is 2.13. The van der Waals surface area contributed by atoms with Crippen LogP contribution < -0.4 is 16.0 Å². The number of ether oxygens (including phenoxy) is 1. The Morgan fingerprint density at radius 2 is 1.92 bits per heavy atom. The summed E-state index contributed by atoms with van der Waals surface area (Å²) in [5, 5.41) is 5.16. The first-order valence-electron chi connectivity index (χ1n) is 7.72. The van der Waals surface area contributed by atoms with Crippen LogP contribution in [0.1, 0.15) is 5.56 Å². The summed E-state index contributed by atoms with van der Waals surface area (Å²) in [6, 6.07) is 12.3. The molecule has 0 unspecified atom stereocenters. The third-order valence-electron chi connectivity index (χ3n) is 4.05. The molecule has 0 spiro atoms. The molecule has 26 heavy (non-hydrogen) atoms. The first-order chi connectivity index (χ1) is 12.6. The number of aromatic amines is 2. The molecule has 0 aliphatic rings. The van der Waals surface area contributed by atoms with Crippen LogP contribution in [-0.4, -0.2) is 28.0 Å². The number of benzene rings is 2. The number of rotatable bonds is 3. The lowest BCUT2D eigenvalue weighted by Crippen LogP contribution is -2.32. The predicted octanol–water partition coefficient (Wildman–Crippen LogP) is 2.72. The monoisotopic (exact) mass is 368 g/mol. The van der Waals surface area contributed by atoms with E-state index >= 15 is 0 Å². The predicted molar refractivity (Wildman–Crippen MR) is 102 cm³/mol. The number of hydrogen-bond acceptors (Lipinski definition) is 4. The topological polar surface area (TPSA) is 92.2 Å². The fraction of sp³-hybridized carbons (Fsp3) is 0.0556. The Kier molecular flexibility index (Phi) is 3.85. The average Bonchev–Trinajstić information content (AvgIpc) is 3.01. The Balaban J connectivity index is 1.92. The summed E-state index contributed by atoms with van der Waals surface area (Å²) in [5.41, 5.74) is 0.780. The van der Waals surface area contributed by atoms with Crippen LogP contribution in [0.25, 0.3) is 21.9 Å². The molecule has 0 saturated carbocycles. The number of nitrogens with one attached hydrogen (secondary N) is 2. The van der Waals surface area contributed by atoms with Gasteiger partial charge in [-0.05, 0) is 24.3 Å². The molecule has 0 amide bonds. The summed E-state index contributed by atoms with van der Waals surface area (Å²) in [6.45, 7) is 0. The largest absolute Gasteiger partial charge is 0.497 e. The quantitative estimate of drug-likeness (QED) is 0.544. The number of methoxy groups -OCH3 is 1. The van der Waals surface area contributed by atoms with Crippen LogP contribution >= 0.6 is 11.6 Å². The van der Waals surface area contributed by atoms with Gasteiger partial charge >= 0.3 is 11.2 Å². The van der Waals surface area contributed by atoms with Crippen molar-refractivity contribution >= 4 is 39.8 Å². The molecule has 130 valence electrons. The molecule has 0 saturated heterocycles. The lowest BCUT2D eigenvalue weighted by atomic mass is 10.2. The molecule has 4 aromatic rings. The molecular weight excluding hydrogens is 356 g/mol. The Morgan fingerprint density at radius 3 is 2.69 bits per heavy atom. The van der Waals surface area contributed by atoms with Crippen molar-refractivity contribution in [1.29, 1.82) is 0 Å². The van der Waals surface area contributed by atoms with E-state index in [-0.39, 0.29) is 5.52 Å². The maximum atomic E-state index is 12.7. The zero-order chi connectivity index (χ0) is 18.3. The molecule has 0 radical (unpaired) electrons. The van der Waals surface area contributed by atoms with Crippen LogP contribution in [0, 0.1) is 0 Å². The number of hydrogen-bond donors (Lipinski definition) is 2. The first-order valence-corrected chi connectivity index (χ1v) is 8.10. The molecule has 2 N–H and O–H groups in total. The van der Waals surface area contributed by atoms with Gasteiger partial charge in [0.25, 0.3) is 0 Å². The van der Waals surface area contributed by atoms with Crippen molar-refractivity contribution in [3.05, 3.63) is 73.9 Å². The molecule has 0 aliphatic carbocycles. The second kappa shape index (κ2) is 6.20. The molecule has 8 heteroatoms. The van der Waals surface area contributed by atoms with Gasteiger partial charge in [0.05, 0.1) is 18.8 Å². The summed E-state index contributed by atoms with van der Waals surface area (Å²) in [5.74, 6) is 0.625. The summed E-state index contributed by atoms with van der Waals surface area (Å²) in [4.78, 5) is 30.8. The molecular formula is C18H13ClN4O3. The van der Waals surface area contributed by atoms with Crippen molar-refractivity contribution in [2.75, 3.05) is 7.11 Å². The Bertz CT molecular complexity index is 1280. The van der Waals surface area contributed by atoms with Crippen molar-refractivity contribution in [2.24, 2.45) is 5.10 Å². The van der Waals surface area contributed by atoms with Gasteiger partial charge in [0.1, 0.15) is 11.3 Å². The SMILES string of the molecule is COc1ccc2[nH]c3c(=O)n(/N=C/c4ccccc4Cl)c(=O)[nH]c3c2c1. The zero-order valence-electron chi connectivity index (χ0n) is 13.6. The van der Waals surface area contributed by atoms with Gasteiger partial charge < -0.3 is 14.7 Å². The normalized spacial score (nSPS) is 11.6. The lowest BCUT2D eigenvalue weighted by molar-refractivity contribution is 0.415. The van der Waals surface area contributed by atoms with Crippen LogP contribution in [0.3, 0.4) is 0 Å². The van der Waals surface area contributed by atoms with Gasteiger partial charge in [0.15, 0.2) is 0 Å². The van der Waals surface area contributed by atoms with E-state index in [1.165, 1.54) is 6.21 Å². The Morgan fingerprint density at radius 1 is 1.12 bits per heavy atom. The third kappa shape index (κ3) is 2.58. The van der Waals surface area contributed by atoms with Gasteiger partial charge in [-0.1, -0.05) is 29.8 Å². The number of nitrogens with zero attached hydrogens (tertiary/aromatic N) is 2. The highest BCUT2D eigenvalue weighted by atomic mass is 35.5. The third-order valence-corrected chi connectivity index (χ3v) is 4.40. The van der Waals surface area contributed by atoms with Crippen molar-refractivity contribution in [1.82, 2.24) is 14.6 Å². The minimum atomic E-state index is -0.644.